The first-order valence-electron chi connectivity index (χ1n) is 16.8. The molecule has 1 unspecified atom stereocenters. The Bertz CT molecular complexity index is 542. The van der Waals surface area contributed by atoms with Gasteiger partial charge in [-0.15, -0.1) is 0 Å². The second-order valence-corrected chi connectivity index (χ2v) is 12.0. The fourth-order valence-corrected chi connectivity index (χ4v) is 5.43. The first-order chi connectivity index (χ1) is 17.8. The monoisotopic (exact) mass is 499 g/mol. The Balaban J connectivity index is 1.76. The van der Waals surface area contributed by atoms with E-state index >= 15 is 0 Å². The minimum Gasteiger partial charge on any atom is -0.0654 e. The van der Waals surface area contributed by atoms with Crippen LogP contribution in [-0.4, -0.2) is 0 Å². The highest BCUT2D eigenvalue weighted by molar-refractivity contribution is 5.22. The molecule has 0 bridgehead atoms. The maximum Gasteiger partial charge on any atom is -0.0276 e. The summed E-state index contributed by atoms with van der Waals surface area (Å²) in [6.07, 6.45) is 37.3. The molecular weight excluding hydrogens is 432 g/mol. The Labute approximate surface area is 228 Å². The van der Waals surface area contributed by atoms with E-state index < -0.39 is 0 Å². The lowest BCUT2D eigenvalue weighted by Crippen LogP contribution is -1.95. The lowest BCUT2D eigenvalue weighted by atomic mass is 9.97. The van der Waals surface area contributed by atoms with Crippen LogP contribution in [0.15, 0.2) is 24.3 Å². The van der Waals surface area contributed by atoms with Crippen LogP contribution in [0.2, 0.25) is 0 Å². The van der Waals surface area contributed by atoms with E-state index in [9.17, 15) is 0 Å². The third-order valence-corrected chi connectivity index (χ3v) is 8.46. The Hall–Kier alpha value is -0.780. The van der Waals surface area contributed by atoms with Crippen LogP contribution in [0.4, 0.5) is 0 Å². The van der Waals surface area contributed by atoms with Gasteiger partial charge in [0.15, 0.2) is 0 Å². The van der Waals surface area contributed by atoms with Gasteiger partial charge in [0, 0.05) is 0 Å². The first kappa shape index (κ1) is 33.2. The van der Waals surface area contributed by atoms with Gasteiger partial charge in [-0.25, -0.2) is 0 Å². The molecule has 1 rings (SSSR count). The predicted octanol–water partition coefficient (Wildman–Crippen LogP) is 12.8. The van der Waals surface area contributed by atoms with Crippen molar-refractivity contribution in [3.8, 4) is 0 Å². The molecule has 0 aliphatic carbocycles. The van der Waals surface area contributed by atoms with Crippen molar-refractivity contribution in [2.24, 2.45) is 5.92 Å². The van der Waals surface area contributed by atoms with Crippen molar-refractivity contribution in [2.45, 2.75) is 188 Å². The molecule has 1 aromatic carbocycles. The molecule has 0 heteroatoms. The van der Waals surface area contributed by atoms with Gasteiger partial charge in [-0.3, -0.25) is 0 Å². The van der Waals surface area contributed by atoms with E-state index in [0.717, 1.165) is 5.92 Å². The van der Waals surface area contributed by atoms with Crippen LogP contribution in [0.5, 0.6) is 0 Å². The molecule has 0 radical (unpaired) electrons. The second-order valence-electron chi connectivity index (χ2n) is 12.0. The zero-order chi connectivity index (χ0) is 25.9. The minimum absolute atomic E-state index is 0.855. The average molecular weight is 499 g/mol. The summed E-state index contributed by atoms with van der Waals surface area (Å²) in [6, 6.07) is 9.50. The maximum atomic E-state index is 2.38. The second kappa shape index (κ2) is 25.9. The van der Waals surface area contributed by atoms with Crippen molar-refractivity contribution < 1.29 is 0 Å². The van der Waals surface area contributed by atoms with Gasteiger partial charge in [-0.1, -0.05) is 186 Å². The third kappa shape index (κ3) is 21.3. The van der Waals surface area contributed by atoms with Crippen LogP contribution in [0.3, 0.4) is 0 Å². The molecule has 0 aromatic heterocycles. The molecule has 1 aromatic rings. The van der Waals surface area contributed by atoms with Gasteiger partial charge in [-0.05, 0) is 42.7 Å². The Morgan fingerprint density at radius 3 is 1.06 bits per heavy atom. The van der Waals surface area contributed by atoms with Crippen molar-refractivity contribution in [3.63, 3.8) is 0 Å². The van der Waals surface area contributed by atoms with Crippen LogP contribution in [-0.2, 0) is 12.8 Å². The summed E-state index contributed by atoms with van der Waals surface area (Å²) in [6.45, 7) is 6.98. The summed E-state index contributed by atoms with van der Waals surface area (Å²) in [7, 11) is 0. The lowest BCUT2D eigenvalue weighted by Gasteiger charge is -2.08. The van der Waals surface area contributed by atoms with E-state index in [1.807, 2.05) is 0 Å². The van der Waals surface area contributed by atoms with E-state index in [1.165, 1.54) is 178 Å². The van der Waals surface area contributed by atoms with Crippen molar-refractivity contribution in [3.05, 3.63) is 35.4 Å². The molecule has 0 aliphatic heterocycles. The fourth-order valence-electron chi connectivity index (χ4n) is 5.43. The number of benzene rings is 1. The topological polar surface area (TPSA) is 0 Å². The molecule has 0 nitrogen and oxygen atoms in total. The normalized spacial score (nSPS) is 12.3. The maximum absolute atomic E-state index is 2.38. The van der Waals surface area contributed by atoms with Gasteiger partial charge < -0.3 is 0 Å². The summed E-state index contributed by atoms with van der Waals surface area (Å²) in [4.78, 5) is 0. The Morgan fingerprint density at radius 1 is 0.417 bits per heavy atom. The Morgan fingerprint density at radius 2 is 0.722 bits per heavy atom. The van der Waals surface area contributed by atoms with Crippen LogP contribution >= 0.6 is 0 Å². The van der Waals surface area contributed by atoms with Gasteiger partial charge in [0.1, 0.15) is 0 Å². The minimum atomic E-state index is 0.855. The van der Waals surface area contributed by atoms with Crippen LogP contribution < -0.4 is 0 Å². The highest BCUT2D eigenvalue weighted by atomic mass is 14.1. The van der Waals surface area contributed by atoms with Crippen molar-refractivity contribution >= 4 is 0 Å². The number of unbranched alkanes of at least 4 members (excludes halogenated alkanes) is 21. The number of hydrogen-bond donors (Lipinski definition) is 0. The summed E-state index contributed by atoms with van der Waals surface area (Å²) in [5.74, 6) is 0.855. The molecule has 210 valence electrons. The molecule has 0 amide bonds. The molecular formula is C36H66. The zero-order valence-electron chi connectivity index (χ0n) is 25.3. The molecule has 0 fully saturated rings. The molecule has 0 N–H and O–H groups in total. The largest absolute Gasteiger partial charge is 0.0654 e. The molecule has 0 heterocycles. The van der Waals surface area contributed by atoms with E-state index in [4.69, 9.17) is 0 Å². The van der Waals surface area contributed by atoms with Crippen molar-refractivity contribution in [1.29, 1.82) is 0 Å². The van der Waals surface area contributed by atoms with Crippen molar-refractivity contribution in [2.75, 3.05) is 0 Å². The van der Waals surface area contributed by atoms with Crippen LogP contribution in [0.25, 0.3) is 0 Å². The van der Waals surface area contributed by atoms with Gasteiger partial charge in [0.2, 0.25) is 0 Å². The highest BCUT2D eigenvalue weighted by Gasteiger charge is 2.01. The number of rotatable bonds is 27. The van der Waals surface area contributed by atoms with Crippen LogP contribution in [0.1, 0.15) is 186 Å². The SMILES string of the molecule is CCCCCCCCCCCCCCCCCCCCCCCCc1ccc(CCC(C)CC)cc1. The third-order valence-electron chi connectivity index (χ3n) is 8.46. The standard InChI is InChI=1S/C36H66/c1-4-6-7-8-9-10-11-12-13-14-15-16-17-18-19-20-21-22-23-24-25-26-27-35-30-32-36(33-31-35)29-28-34(3)5-2/h30-34H,4-29H2,1-3H3. The molecule has 0 saturated carbocycles. The number of aryl methyl sites for hydroxylation is 2. The molecule has 1 atom stereocenters. The number of hydrogen-bond acceptors (Lipinski definition) is 0. The average Bonchev–Trinajstić information content (AvgIpc) is 2.90. The van der Waals surface area contributed by atoms with Gasteiger partial charge in [-0.2, -0.15) is 0 Å². The molecule has 36 heavy (non-hydrogen) atoms. The summed E-state index contributed by atoms with van der Waals surface area (Å²) >= 11 is 0. The summed E-state index contributed by atoms with van der Waals surface area (Å²) < 4.78 is 0. The fraction of sp³-hybridized carbons (Fsp3) is 0.833. The Kier molecular flexibility index (Phi) is 23.9. The van der Waals surface area contributed by atoms with Crippen LogP contribution in [0, 0.1) is 5.92 Å². The quantitative estimate of drug-likeness (QED) is 0.106. The molecule has 0 saturated heterocycles. The zero-order valence-corrected chi connectivity index (χ0v) is 25.3. The van der Waals surface area contributed by atoms with Crippen molar-refractivity contribution in [1.82, 2.24) is 0 Å². The molecule has 0 spiro atoms. The lowest BCUT2D eigenvalue weighted by molar-refractivity contribution is 0.516. The predicted molar refractivity (Wildman–Crippen MR) is 165 cm³/mol. The van der Waals surface area contributed by atoms with E-state index in [1.54, 1.807) is 0 Å². The van der Waals surface area contributed by atoms with E-state index in [-0.39, 0.29) is 0 Å². The van der Waals surface area contributed by atoms with E-state index in [0.29, 0.717) is 0 Å². The summed E-state index contributed by atoms with van der Waals surface area (Å²) in [5.41, 5.74) is 3.06. The van der Waals surface area contributed by atoms with E-state index in [2.05, 4.69) is 45.0 Å². The highest BCUT2D eigenvalue weighted by Crippen LogP contribution is 2.17. The first-order valence-corrected chi connectivity index (χ1v) is 16.8. The molecule has 0 aliphatic rings. The van der Waals surface area contributed by atoms with Gasteiger partial charge >= 0.3 is 0 Å². The summed E-state index contributed by atoms with van der Waals surface area (Å²) in [5, 5.41) is 0. The van der Waals surface area contributed by atoms with Gasteiger partial charge in [0.05, 0.1) is 0 Å². The van der Waals surface area contributed by atoms with Gasteiger partial charge in [0.25, 0.3) is 0 Å². The smallest absolute Gasteiger partial charge is 0.0276 e.